The summed E-state index contributed by atoms with van der Waals surface area (Å²) in [5.41, 5.74) is 3.15. The molecule has 0 aliphatic heterocycles. The number of hydrogen-bond acceptors (Lipinski definition) is 4. The molecule has 0 radical (unpaired) electrons. The Hall–Kier alpha value is -2.40. The number of nitrogens with zero attached hydrogens (tertiary/aromatic N) is 1. The maximum Gasteiger partial charge on any atom is 0.333 e. The SMILES string of the molecule is CCO[C@H](Cc1ccc(OCCc2ccc(CC)cn2)cc1)C(=O)O. The molecule has 1 aromatic heterocycles. The number of aromatic nitrogens is 1. The van der Waals surface area contributed by atoms with E-state index in [1.54, 1.807) is 6.92 Å². The Kier molecular flexibility index (Phi) is 7.41. The van der Waals surface area contributed by atoms with Crippen LogP contribution >= 0.6 is 0 Å². The van der Waals surface area contributed by atoms with Crippen molar-refractivity contribution in [2.75, 3.05) is 13.2 Å². The Bertz CT molecular complexity index is 652. The van der Waals surface area contributed by atoms with E-state index >= 15 is 0 Å². The molecule has 1 aromatic carbocycles. The van der Waals surface area contributed by atoms with E-state index in [-0.39, 0.29) is 0 Å². The highest BCUT2D eigenvalue weighted by Crippen LogP contribution is 2.15. The van der Waals surface area contributed by atoms with Crippen molar-refractivity contribution in [1.29, 1.82) is 0 Å². The fourth-order valence-corrected chi connectivity index (χ4v) is 2.44. The Labute approximate surface area is 148 Å². The van der Waals surface area contributed by atoms with Crippen molar-refractivity contribution in [3.05, 3.63) is 59.4 Å². The van der Waals surface area contributed by atoms with Crippen molar-refractivity contribution < 1.29 is 19.4 Å². The highest BCUT2D eigenvalue weighted by Gasteiger charge is 2.17. The van der Waals surface area contributed by atoms with E-state index in [0.29, 0.717) is 19.6 Å². The lowest BCUT2D eigenvalue weighted by Gasteiger charge is -2.13. The number of aliphatic carboxylic acids is 1. The lowest BCUT2D eigenvalue weighted by Crippen LogP contribution is -2.26. The van der Waals surface area contributed by atoms with E-state index in [0.717, 1.165) is 29.8 Å². The molecule has 0 saturated carbocycles. The molecule has 1 N–H and O–H groups in total. The molecule has 0 bridgehead atoms. The summed E-state index contributed by atoms with van der Waals surface area (Å²) in [7, 11) is 0. The summed E-state index contributed by atoms with van der Waals surface area (Å²) in [4.78, 5) is 15.5. The van der Waals surface area contributed by atoms with Crippen LogP contribution in [0.25, 0.3) is 0 Å². The second-order valence-electron chi connectivity index (χ2n) is 5.74. The van der Waals surface area contributed by atoms with Gasteiger partial charge in [-0.05, 0) is 42.7 Å². The summed E-state index contributed by atoms with van der Waals surface area (Å²) < 4.78 is 11.0. The van der Waals surface area contributed by atoms with Crippen LogP contribution in [0.1, 0.15) is 30.7 Å². The maximum absolute atomic E-state index is 11.1. The average Bonchev–Trinajstić information content (AvgIpc) is 2.63. The number of rotatable bonds is 10. The van der Waals surface area contributed by atoms with Gasteiger partial charge in [-0.15, -0.1) is 0 Å². The van der Waals surface area contributed by atoms with Crippen molar-refractivity contribution in [3.63, 3.8) is 0 Å². The predicted molar refractivity (Wildman–Crippen MR) is 96.0 cm³/mol. The number of hydrogen-bond donors (Lipinski definition) is 1. The van der Waals surface area contributed by atoms with Crippen LogP contribution in [0.4, 0.5) is 0 Å². The summed E-state index contributed by atoms with van der Waals surface area (Å²) in [5, 5.41) is 9.12. The highest BCUT2D eigenvalue weighted by atomic mass is 16.5. The highest BCUT2D eigenvalue weighted by molar-refractivity contribution is 5.72. The fraction of sp³-hybridized carbons (Fsp3) is 0.400. The lowest BCUT2D eigenvalue weighted by atomic mass is 10.1. The first kappa shape index (κ1) is 18.9. The number of carboxylic acids is 1. The molecule has 0 saturated heterocycles. The minimum atomic E-state index is -0.941. The zero-order valence-corrected chi connectivity index (χ0v) is 14.8. The zero-order chi connectivity index (χ0) is 18.1. The van der Waals surface area contributed by atoms with Crippen LogP contribution in [0.2, 0.25) is 0 Å². The first-order chi connectivity index (χ1) is 12.1. The van der Waals surface area contributed by atoms with Crippen LogP contribution in [0, 0.1) is 0 Å². The summed E-state index contributed by atoms with van der Waals surface area (Å²) in [5.74, 6) is -0.180. The van der Waals surface area contributed by atoms with Crippen molar-refractivity contribution in [3.8, 4) is 5.75 Å². The van der Waals surface area contributed by atoms with E-state index in [2.05, 4.69) is 18.0 Å². The summed E-state index contributed by atoms with van der Waals surface area (Å²) in [6.45, 7) is 4.83. The van der Waals surface area contributed by atoms with Gasteiger partial charge < -0.3 is 14.6 Å². The molecule has 25 heavy (non-hydrogen) atoms. The van der Waals surface area contributed by atoms with Gasteiger partial charge in [-0.1, -0.05) is 25.1 Å². The standard InChI is InChI=1S/C20H25NO4/c1-3-15-5-8-17(21-14-15)11-12-25-18-9-6-16(7-10-18)13-19(20(22)23)24-4-2/h5-10,14,19H,3-4,11-13H2,1-2H3,(H,22,23)/t19-/m1/s1. The summed E-state index contributed by atoms with van der Waals surface area (Å²) in [6, 6.07) is 11.6. The van der Waals surface area contributed by atoms with Gasteiger partial charge in [0.25, 0.3) is 0 Å². The normalized spacial score (nSPS) is 11.9. The predicted octanol–water partition coefficient (Wildman–Crippen LogP) is 3.30. The largest absolute Gasteiger partial charge is 0.493 e. The van der Waals surface area contributed by atoms with Crippen LogP contribution in [0.15, 0.2) is 42.6 Å². The maximum atomic E-state index is 11.1. The van der Waals surface area contributed by atoms with Crippen molar-refractivity contribution in [1.82, 2.24) is 4.98 Å². The minimum Gasteiger partial charge on any atom is -0.493 e. The van der Waals surface area contributed by atoms with Crippen LogP contribution in [-0.2, 0) is 28.8 Å². The van der Waals surface area contributed by atoms with Crippen LogP contribution < -0.4 is 4.74 Å². The summed E-state index contributed by atoms with van der Waals surface area (Å²) >= 11 is 0. The third-order valence-electron chi connectivity index (χ3n) is 3.91. The van der Waals surface area contributed by atoms with Crippen LogP contribution in [0.5, 0.6) is 5.75 Å². The lowest BCUT2D eigenvalue weighted by molar-refractivity contribution is -0.149. The summed E-state index contributed by atoms with van der Waals surface area (Å²) in [6.07, 6.45) is 3.17. The molecule has 1 atom stereocenters. The second-order valence-corrected chi connectivity index (χ2v) is 5.74. The Morgan fingerprint density at radius 2 is 1.84 bits per heavy atom. The molecule has 0 aliphatic rings. The van der Waals surface area contributed by atoms with Crippen molar-refractivity contribution >= 4 is 5.97 Å². The quantitative estimate of drug-likeness (QED) is 0.717. The average molecular weight is 343 g/mol. The Morgan fingerprint density at radius 3 is 2.40 bits per heavy atom. The van der Waals surface area contributed by atoms with E-state index in [1.165, 1.54) is 5.56 Å². The molecule has 0 aliphatic carbocycles. The molecule has 2 rings (SSSR count). The first-order valence-corrected chi connectivity index (χ1v) is 8.62. The monoisotopic (exact) mass is 343 g/mol. The van der Waals surface area contributed by atoms with Crippen molar-refractivity contribution in [2.24, 2.45) is 0 Å². The molecule has 1 heterocycles. The molecule has 2 aromatic rings. The van der Waals surface area contributed by atoms with Gasteiger partial charge in [-0.2, -0.15) is 0 Å². The Balaban J connectivity index is 1.82. The van der Waals surface area contributed by atoms with Gasteiger partial charge in [0.05, 0.1) is 6.61 Å². The Morgan fingerprint density at radius 1 is 1.12 bits per heavy atom. The molecule has 0 fully saturated rings. The second kappa shape index (κ2) is 9.79. The third-order valence-corrected chi connectivity index (χ3v) is 3.91. The van der Waals surface area contributed by atoms with E-state index < -0.39 is 12.1 Å². The zero-order valence-electron chi connectivity index (χ0n) is 14.8. The molecule has 0 spiro atoms. The smallest absolute Gasteiger partial charge is 0.333 e. The van der Waals surface area contributed by atoms with E-state index in [9.17, 15) is 4.79 Å². The molecule has 134 valence electrons. The fourth-order valence-electron chi connectivity index (χ4n) is 2.44. The van der Waals surface area contributed by atoms with Gasteiger partial charge in [0, 0.05) is 31.3 Å². The third kappa shape index (κ3) is 6.19. The van der Waals surface area contributed by atoms with Crippen LogP contribution in [0.3, 0.4) is 0 Å². The molecule has 5 heteroatoms. The van der Waals surface area contributed by atoms with E-state index in [4.69, 9.17) is 14.6 Å². The molecule has 0 unspecified atom stereocenters. The van der Waals surface area contributed by atoms with Gasteiger partial charge in [0.15, 0.2) is 6.10 Å². The number of benzene rings is 1. The van der Waals surface area contributed by atoms with Gasteiger partial charge in [-0.25, -0.2) is 4.79 Å². The first-order valence-electron chi connectivity index (χ1n) is 8.62. The van der Waals surface area contributed by atoms with Gasteiger partial charge in [0.2, 0.25) is 0 Å². The van der Waals surface area contributed by atoms with Gasteiger partial charge in [-0.3, -0.25) is 4.98 Å². The number of carbonyl (C=O) groups is 1. The topological polar surface area (TPSA) is 68.7 Å². The molecular weight excluding hydrogens is 318 g/mol. The number of carboxylic acid groups (broad SMARTS) is 1. The number of ether oxygens (including phenoxy) is 2. The minimum absolute atomic E-state index is 0.344. The molecule has 5 nitrogen and oxygen atoms in total. The molecular formula is C20H25NO4. The van der Waals surface area contributed by atoms with Crippen molar-refractivity contribution in [2.45, 2.75) is 39.2 Å². The van der Waals surface area contributed by atoms with Gasteiger partial charge >= 0.3 is 5.97 Å². The van der Waals surface area contributed by atoms with E-state index in [1.807, 2.05) is 36.5 Å². The molecule has 0 amide bonds. The number of aryl methyl sites for hydroxylation is 1. The number of pyridine rings is 1. The van der Waals surface area contributed by atoms with Gasteiger partial charge in [0.1, 0.15) is 5.75 Å². The van der Waals surface area contributed by atoms with Crippen LogP contribution in [-0.4, -0.2) is 35.4 Å².